The molecule has 2 atom stereocenters. The number of hydrogen-bond donors (Lipinski definition) is 2. The number of carbonyl (C=O) groups is 3. The van der Waals surface area contributed by atoms with Crippen LogP contribution in [0.15, 0.2) is 18.2 Å². The maximum atomic E-state index is 14.0. The largest absolute Gasteiger partial charge is 0.444 e. The van der Waals surface area contributed by atoms with Gasteiger partial charge in [0.2, 0.25) is 11.8 Å². The standard InChI is InChI=1S/C28H45N3O4/c1-9-10-11-16-29-25(32)24(21-13-12-19(4)20(5)17-21)31(22-14-15-22)26(33)23(18(2)3)30-27(34)35-28(6,7)8/h12-13,17-18,22-24H,9-11,14-16H2,1-8H3,(H,29,32)(H,30,34). The number of hydrogen-bond acceptors (Lipinski definition) is 4. The maximum absolute atomic E-state index is 14.0. The summed E-state index contributed by atoms with van der Waals surface area (Å²) in [6.07, 6.45) is 4.05. The van der Waals surface area contributed by atoms with Crippen molar-refractivity contribution >= 4 is 17.9 Å². The lowest BCUT2D eigenvalue weighted by Crippen LogP contribution is -2.55. The summed E-state index contributed by atoms with van der Waals surface area (Å²) in [6, 6.07) is 4.35. The molecule has 7 heteroatoms. The number of carbonyl (C=O) groups excluding carboxylic acids is 3. The monoisotopic (exact) mass is 487 g/mol. The zero-order chi connectivity index (χ0) is 26.3. The van der Waals surface area contributed by atoms with Crippen molar-refractivity contribution in [2.75, 3.05) is 6.54 Å². The third-order valence-corrected chi connectivity index (χ3v) is 6.25. The van der Waals surface area contributed by atoms with Crippen LogP contribution in [0.5, 0.6) is 0 Å². The van der Waals surface area contributed by atoms with Gasteiger partial charge >= 0.3 is 6.09 Å². The van der Waals surface area contributed by atoms with E-state index in [-0.39, 0.29) is 23.8 Å². The van der Waals surface area contributed by atoms with Crippen molar-refractivity contribution in [2.24, 2.45) is 5.92 Å². The molecule has 2 unspecified atom stereocenters. The summed E-state index contributed by atoms with van der Waals surface area (Å²) in [6.45, 7) is 15.9. The molecule has 3 amide bonds. The first-order chi connectivity index (χ1) is 16.4. The molecule has 1 saturated carbocycles. The van der Waals surface area contributed by atoms with Gasteiger partial charge in [0.05, 0.1) is 0 Å². The molecule has 0 heterocycles. The van der Waals surface area contributed by atoms with E-state index < -0.39 is 23.8 Å². The summed E-state index contributed by atoms with van der Waals surface area (Å²) < 4.78 is 5.42. The molecular weight excluding hydrogens is 442 g/mol. The fourth-order valence-corrected chi connectivity index (χ4v) is 4.04. The molecule has 2 rings (SSSR count). The molecule has 0 aromatic heterocycles. The summed E-state index contributed by atoms with van der Waals surface area (Å²) >= 11 is 0. The van der Waals surface area contributed by atoms with Crippen LogP contribution in [-0.4, -0.2) is 47.0 Å². The molecule has 0 radical (unpaired) electrons. The Morgan fingerprint density at radius 2 is 1.74 bits per heavy atom. The van der Waals surface area contributed by atoms with E-state index in [1.54, 1.807) is 25.7 Å². The molecule has 0 aliphatic heterocycles. The Balaban J connectivity index is 2.40. The third-order valence-electron chi connectivity index (χ3n) is 6.25. The Hall–Kier alpha value is -2.57. The summed E-state index contributed by atoms with van der Waals surface area (Å²) in [4.78, 5) is 41.8. The average molecular weight is 488 g/mol. The van der Waals surface area contributed by atoms with Crippen molar-refractivity contribution in [2.45, 2.75) is 111 Å². The van der Waals surface area contributed by atoms with E-state index in [0.717, 1.165) is 48.8 Å². The van der Waals surface area contributed by atoms with E-state index in [1.165, 1.54) is 0 Å². The van der Waals surface area contributed by atoms with E-state index in [4.69, 9.17) is 4.74 Å². The van der Waals surface area contributed by atoms with Crippen molar-refractivity contribution in [3.63, 3.8) is 0 Å². The minimum Gasteiger partial charge on any atom is -0.444 e. The molecule has 1 fully saturated rings. The minimum absolute atomic E-state index is 0.0304. The van der Waals surface area contributed by atoms with E-state index in [2.05, 4.69) is 17.6 Å². The van der Waals surface area contributed by atoms with E-state index in [9.17, 15) is 14.4 Å². The highest BCUT2D eigenvalue weighted by molar-refractivity contribution is 5.92. The van der Waals surface area contributed by atoms with Gasteiger partial charge < -0.3 is 20.3 Å². The minimum atomic E-state index is -0.799. The predicted octanol–water partition coefficient (Wildman–Crippen LogP) is 5.19. The van der Waals surface area contributed by atoms with Crippen LogP contribution >= 0.6 is 0 Å². The Labute approximate surface area is 211 Å². The van der Waals surface area contributed by atoms with Crippen LogP contribution in [-0.2, 0) is 14.3 Å². The van der Waals surface area contributed by atoms with Crippen molar-refractivity contribution < 1.29 is 19.1 Å². The van der Waals surface area contributed by atoms with Crippen LogP contribution < -0.4 is 10.6 Å². The Morgan fingerprint density at radius 3 is 2.26 bits per heavy atom. The molecule has 2 N–H and O–H groups in total. The van der Waals surface area contributed by atoms with Crippen molar-refractivity contribution in [1.82, 2.24) is 15.5 Å². The van der Waals surface area contributed by atoms with Gasteiger partial charge in [-0.1, -0.05) is 51.8 Å². The lowest BCUT2D eigenvalue weighted by Gasteiger charge is -2.36. The summed E-state index contributed by atoms with van der Waals surface area (Å²) in [5, 5.41) is 5.84. The lowest BCUT2D eigenvalue weighted by atomic mass is 9.96. The number of aryl methyl sites for hydroxylation is 2. The fourth-order valence-electron chi connectivity index (χ4n) is 4.04. The molecule has 1 aliphatic rings. The van der Waals surface area contributed by atoms with Crippen molar-refractivity contribution in [3.8, 4) is 0 Å². The van der Waals surface area contributed by atoms with Gasteiger partial charge in [-0.15, -0.1) is 0 Å². The molecule has 1 aromatic carbocycles. The van der Waals surface area contributed by atoms with Crippen molar-refractivity contribution in [3.05, 3.63) is 34.9 Å². The molecule has 0 spiro atoms. The summed E-state index contributed by atoms with van der Waals surface area (Å²) in [5.41, 5.74) is 2.32. The van der Waals surface area contributed by atoms with Crippen LogP contribution in [0.25, 0.3) is 0 Å². The normalized spacial score (nSPS) is 15.3. The second kappa shape index (κ2) is 12.4. The molecule has 7 nitrogen and oxygen atoms in total. The Bertz CT molecular complexity index is 887. The smallest absolute Gasteiger partial charge is 0.408 e. The predicted molar refractivity (Wildman–Crippen MR) is 139 cm³/mol. The molecule has 1 aliphatic carbocycles. The van der Waals surface area contributed by atoms with Crippen LogP contribution in [0.4, 0.5) is 4.79 Å². The average Bonchev–Trinajstić information content (AvgIpc) is 3.58. The summed E-state index contributed by atoms with van der Waals surface area (Å²) in [7, 11) is 0. The number of ether oxygens (including phenoxy) is 1. The second-order valence-corrected chi connectivity index (χ2v) is 11.1. The Kier molecular flexibility index (Phi) is 10.2. The van der Waals surface area contributed by atoms with Gasteiger partial charge in [0.15, 0.2) is 0 Å². The van der Waals surface area contributed by atoms with E-state index in [0.29, 0.717) is 6.54 Å². The van der Waals surface area contributed by atoms with E-state index >= 15 is 0 Å². The quantitative estimate of drug-likeness (QED) is 0.421. The highest BCUT2D eigenvalue weighted by Crippen LogP contribution is 2.36. The Morgan fingerprint density at radius 1 is 1.09 bits per heavy atom. The van der Waals surface area contributed by atoms with Gasteiger partial charge in [-0.2, -0.15) is 0 Å². The highest BCUT2D eigenvalue weighted by atomic mass is 16.6. The van der Waals surface area contributed by atoms with Gasteiger partial charge in [0.1, 0.15) is 17.7 Å². The van der Waals surface area contributed by atoms with Gasteiger partial charge in [-0.05, 0) is 76.5 Å². The molecule has 1 aromatic rings. The molecule has 0 saturated heterocycles. The molecular formula is C28H45N3O4. The molecule has 0 bridgehead atoms. The van der Waals surface area contributed by atoms with Gasteiger partial charge in [0, 0.05) is 12.6 Å². The SMILES string of the molecule is CCCCCNC(=O)C(c1ccc(C)c(C)c1)N(C(=O)C(NC(=O)OC(C)(C)C)C(C)C)C1CC1. The maximum Gasteiger partial charge on any atom is 0.408 e. The van der Waals surface area contributed by atoms with Crippen LogP contribution in [0.3, 0.4) is 0 Å². The zero-order valence-electron chi connectivity index (χ0n) is 22.9. The number of alkyl carbamates (subject to hydrolysis) is 1. The lowest BCUT2D eigenvalue weighted by molar-refractivity contribution is -0.144. The van der Waals surface area contributed by atoms with Crippen molar-refractivity contribution in [1.29, 1.82) is 0 Å². The van der Waals surface area contributed by atoms with E-state index in [1.807, 2.05) is 45.9 Å². The number of nitrogens with zero attached hydrogens (tertiary/aromatic N) is 1. The summed E-state index contributed by atoms with van der Waals surface area (Å²) in [5.74, 6) is -0.603. The van der Waals surface area contributed by atoms with Crippen LogP contribution in [0.2, 0.25) is 0 Å². The number of unbranched alkanes of at least 4 members (excludes halogenated alkanes) is 2. The van der Waals surface area contributed by atoms with Gasteiger partial charge in [0.25, 0.3) is 0 Å². The first kappa shape index (κ1) is 28.7. The number of benzene rings is 1. The molecule has 35 heavy (non-hydrogen) atoms. The van der Waals surface area contributed by atoms with Gasteiger partial charge in [-0.25, -0.2) is 4.79 Å². The fraction of sp³-hybridized carbons (Fsp3) is 0.679. The topological polar surface area (TPSA) is 87.7 Å². The first-order valence-electron chi connectivity index (χ1n) is 13.0. The number of nitrogens with one attached hydrogen (secondary N) is 2. The third kappa shape index (κ3) is 8.55. The van der Waals surface area contributed by atoms with Gasteiger partial charge in [-0.3, -0.25) is 9.59 Å². The first-order valence-corrected chi connectivity index (χ1v) is 13.0. The second-order valence-electron chi connectivity index (χ2n) is 11.1. The van der Waals surface area contributed by atoms with Crippen LogP contribution in [0, 0.1) is 19.8 Å². The molecule has 196 valence electrons. The van der Waals surface area contributed by atoms with Crippen LogP contribution in [0.1, 0.15) is 96.4 Å². The highest BCUT2D eigenvalue weighted by Gasteiger charge is 2.44. The number of amides is 3. The number of rotatable bonds is 11. The zero-order valence-corrected chi connectivity index (χ0v) is 22.9.